The first kappa shape index (κ1) is 18.0. The third kappa shape index (κ3) is 2.91. The highest BCUT2D eigenvalue weighted by Crippen LogP contribution is 2.28. The van der Waals surface area contributed by atoms with E-state index in [0.29, 0.717) is 22.7 Å². The molecule has 0 unspecified atom stereocenters. The average Bonchev–Trinajstić information content (AvgIpc) is 3.19. The molecule has 1 aromatic heterocycles. The maximum absolute atomic E-state index is 13.4. The summed E-state index contributed by atoms with van der Waals surface area (Å²) in [5.74, 6) is 5.16. The minimum atomic E-state index is -1.29. The Morgan fingerprint density at radius 1 is 0.933 bits per heavy atom. The van der Waals surface area contributed by atoms with Gasteiger partial charge in [0.1, 0.15) is 0 Å². The van der Waals surface area contributed by atoms with Crippen molar-refractivity contribution in [3.63, 3.8) is 0 Å². The van der Waals surface area contributed by atoms with Crippen molar-refractivity contribution in [3.05, 3.63) is 102 Å². The monoisotopic (exact) mass is 394 g/mol. The number of nitrogens with one attached hydrogen (secondary N) is 1. The van der Waals surface area contributed by atoms with Crippen molar-refractivity contribution in [1.82, 2.24) is 4.98 Å². The minimum absolute atomic E-state index is 0.324. The third-order valence-electron chi connectivity index (χ3n) is 5.24. The van der Waals surface area contributed by atoms with Crippen molar-refractivity contribution in [2.24, 2.45) is 10.8 Å². The lowest BCUT2D eigenvalue weighted by atomic mass is 10.0. The number of hydrazine groups is 1. The van der Waals surface area contributed by atoms with Crippen LogP contribution in [0.2, 0.25) is 0 Å². The number of Topliss-reactive ketones (excluding diaryl/α,β-unsaturated/α-hetero) is 1. The number of nitrogens with two attached hydrogens (primary N) is 1. The van der Waals surface area contributed by atoms with Crippen LogP contribution in [0.25, 0.3) is 10.9 Å². The van der Waals surface area contributed by atoms with Gasteiger partial charge in [-0.2, -0.15) is 0 Å². The van der Waals surface area contributed by atoms with E-state index in [9.17, 15) is 9.59 Å². The lowest BCUT2D eigenvalue weighted by Gasteiger charge is -2.18. The zero-order valence-electron chi connectivity index (χ0n) is 15.9. The van der Waals surface area contributed by atoms with Crippen LogP contribution in [-0.2, 0) is 4.79 Å². The number of hydrogen-bond donors (Lipinski definition) is 2. The van der Waals surface area contributed by atoms with E-state index in [2.05, 4.69) is 9.98 Å². The van der Waals surface area contributed by atoms with Crippen LogP contribution in [0, 0.1) is 0 Å². The molecule has 5 rings (SSSR count). The molecule has 0 aliphatic carbocycles. The normalized spacial score (nSPS) is 16.2. The number of aliphatic imine (C=N–C) groups is 1. The van der Waals surface area contributed by atoms with Crippen molar-refractivity contribution in [2.75, 3.05) is 5.01 Å². The van der Waals surface area contributed by atoms with Crippen LogP contribution in [0.3, 0.4) is 0 Å². The molecule has 0 spiro atoms. The highest BCUT2D eigenvalue weighted by atomic mass is 16.2. The molecule has 6 nitrogen and oxygen atoms in total. The van der Waals surface area contributed by atoms with Gasteiger partial charge < -0.3 is 4.98 Å². The van der Waals surface area contributed by atoms with Gasteiger partial charge in [-0.3, -0.25) is 14.6 Å². The van der Waals surface area contributed by atoms with Crippen LogP contribution in [0.5, 0.6) is 0 Å². The SMILES string of the molecule is NN1C(=O)[C@H](C(=O)c2cc3ccccc3[nH]2)N=C(c2ccccc2)c2ccccc21. The Balaban J connectivity index is 1.67. The fourth-order valence-electron chi connectivity index (χ4n) is 3.74. The summed E-state index contributed by atoms with van der Waals surface area (Å²) in [5, 5.41) is 1.92. The van der Waals surface area contributed by atoms with Gasteiger partial charge in [-0.25, -0.2) is 10.9 Å². The fraction of sp³-hybridized carbons (Fsp3) is 0.0417. The van der Waals surface area contributed by atoms with Crippen LogP contribution in [0.1, 0.15) is 21.6 Å². The summed E-state index contributed by atoms with van der Waals surface area (Å²) in [6.45, 7) is 0. The van der Waals surface area contributed by atoms with Gasteiger partial charge in [0, 0.05) is 22.0 Å². The molecule has 3 aromatic carbocycles. The summed E-state index contributed by atoms with van der Waals surface area (Å²) < 4.78 is 0. The Kier molecular flexibility index (Phi) is 4.26. The van der Waals surface area contributed by atoms with E-state index in [1.165, 1.54) is 0 Å². The largest absolute Gasteiger partial charge is 0.352 e. The average molecular weight is 394 g/mol. The topological polar surface area (TPSA) is 91.5 Å². The first-order valence-corrected chi connectivity index (χ1v) is 9.57. The second kappa shape index (κ2) is 7.09. The number of hydrogen-bond acceptors (Lipinski definition) is 4. The molecule has 1 aliphatic rings. The fourth-order valence-corrected chi connectivity index (χ4v) is 3.74. The zero-order chi connectivity index (χ0) is 20.7. The maximum atomic E-state index is 13.4. The highest BCUT2D eigenvalue weighted by Gasteiger charge is 2.36. The van der Waals surface area contributed by atoms with Crippen molar-refractivity contribution < 1.29 is 9.59 Å². The van der Waals surface area contributed by atoms with E-state index in [-0.39, 0.29) is 0 Å². The van der Waals surface area contributed by atoms with Crippen molar-refractivity contribution in [2.45, 2.75) is 6.04 Å². The van der Waals surface area contributed by atoms with Gasteiger partial charge in [-0.05, 0) is 18.2 Å². The Morgan fingerprint density at radius 3 is 2.43 bits per heavy atom. The summed E-state index contributed by atoms with van der Waals surface area (Å²) >= 11 is 0. The van der Waals surface area contributed by atoms with Gasteiger partial charge in [0.2, 0.25) is 5.78 Å². The molecule has 0 fully saturated rings. The Bertz CT molecular complexity index is 1270. The molecule has 30 heavy (non-hydrogen) atoms. The molecule has 4 aromatic rings. The number of amides is 1. The first-order valence-electron chi connectivity index (χ1n) is 9.57. The smallest absolute Gasteiger partial charge is 0.274 e. The van der Waals surface area contributed by atoms with Gasteiger partial charge in [-0.15, -0.1) is 0 Å². The maximum Gasteiger partial charge on any atom is 0.274 e. The number of ketones is 1. The van der Waals surface area contributed by atoms with Crippen LogP contribution >= 0.6 is 0 Å². The molecule has 2 heterocycles. The molecule has 6 heteroatoms. The number of aromatic nitrogens is 1. The quantitative estimate of drug-likeness (QED) is 0.241. The van der Waals surface area contributed by atoms with Crippen LogP contribution < -0.4 is 10.9 Å². The second-order valence-corrected chi connectivity index (χ2v) is 7.11. The number of benzodiazepines with no additional fused rings is 1. The Labute approximate surface area is 172 Å². The number of para-hydroxylation sites is 2. The lowest BCUT2D eigenvalue weighted by Crippen LogP contribution is -2.46. The summed E-state index contributed by atoms with van der Waals surface area (Å²) in [6.07, 6.45) is 0. The van der Waals surface area contributed by atoms with E-state index in [1.54, 1.807) is 18.2 Å². The van der Waals surface area contributed by atoms with E-state index in [0.717, 1.165) is 21.5 Å². The predicted molar refractivity (Wildman–Crippen MR) is 117 cm³/mol. The standard InChI is InChI=1S/C24H18N4O2/c25-28-20-13-7-5-11-17(20)21(15-8-2-1-3-9-15)27-22(24(28)30)23(29)19-14-16-10-4-6-12-18(16)26-19/h1-14,22,26H,25H2/t22-/m0/s1. The van der Waals surface area contributed by atoms with Gasteiger partial charge in [0.15, 0.2) is 6.04 Å². The van der Waals surface area contributed by atoms with Crippen LogP contribution in [0.4, 0.5) is 5.69 Å². The number of anilines is 1. The molecule has 1 aliphatic heterocycles. The lowest BCUT2D eigenvalue weighted by molar-refractivity contribution is -0.118. The summed E-state index contributed by atoms with van der Waals surface area (Å²) in [5.41, 5.74) is 3.72. The van der Waals surface area contributed by atoms with Gasteiger partial charge in [0.05, 0.1) is 17.1 Å². The predicted octanol–water partition coefficient (Wildman–Crippen LogP) is 3.48. The molecular formula is C24H18N4O2. The molecule has 0 saturated carbocycles. The van der Waals surface area contributed by atoms with E-state index >= 15 is 0 Å². The Hall–Kier alpha value is -4.03. The third-order valence-corrected chi connectivity index (χ3v) is 5.24. The van der Waals surface area contributed by atoms with Crippen LogP contribution in [0.15, 0.2) is 89.9 Å². The molecule has 3 N–H and O–H groups in total. The molecule has 0 radical (unpaired) electrons. The van der Waals surface area contributed by atoms with E-state index < -0.39 is 17.7 Å². The molecule has 1 atom stereocenters. The van der Waals surface area contributed by atoms with E-state index in [4.69, 9.17) is 5.84 Å². The number of carbonyl (C=O) groups excluding carboxylic acids is 2. The van der Waals surface area contributed by atoms with Crippen molar-refractivity contribution in [3.8, 4) is 0 Å². The molecule has 0 saturated heterocycles. The Morgan fingerprint density at radius 2 is 1.63 bits per heavy atom. The number of fused-ring (bicyclic) bond motifs is 2. The number of aromatic amines is 1. The number of H-pyrrole nitrogens is 1. The van der Waals surface area contributed by atoms with Gasteiger partial charge in [0.25, 0.3) is 5.91 Å². The highest BCUT2D eigenvalue weighted by molar-refractivity contribution is 6.25. The number of carbonyl (C=O) groups is 2. The number of nitrogens with zero attached hydrogens (tertiary/aromatic N) is 2. The van der Waals surface area contributed by atoms with Gasteiger partial charge in [-0.1, -0.05) is 66.7 Å². The zero-order valence-corrected chi connectivity index (χ0v) is 15.9. The number of benzene rings is 3. The van der Waals surface area contributed by atoms with Crippen molar-refractivity contribution >= 4 is 34.0 Å². The molecule has 0 bridgehead atoms. The number of rotatable bonds is 3. The summed E-state index contributed by atoms with van der Waals surface area (Å²) in [4.78, 5) is 34.3. The van der Waals surface area contributed by atoms with E-state index in [1.807, 2.05) is 66.7 Å². The summed E-state index contributed by atoms with van der Waals surface area (Å²) in [6, 6.07) is 24.8. The van der Waals surface area contributed by atoms with Crippen molar-refractivity contribution in [1.29, 1.82) is 0 Å². The first-order chi connectivity index (χ1) is 14.6. The van der Waals surface area contributed by atoms with Crippen LogP contribution in [-0.4, -0.2) is 28.4 Å². The van der Waals surface area contributed by atoms with Gasteiger partial charge >= 0.3 is 0 Å². The molecular weight excluding hydrogens is 376 g/mol. The molecule has 1 amide bonds. The summed E-state index contributed by atoms with van der Waals surface area (Å²) in [7, 11) is 0. The molecule has 146 valence electrons. The second-order valence-electron chi connectivity index (χ2n) is 7.11. The minimum Gasteiger partial charge on any atom is -0.352 e.